The lowest BCUT2D eigenvalue weighted by molar-refractivity contribution is -0.134. The van der Waals surface area contributed by atoms with Gasteiger partial charge in [0.15, 0.2) is 0 Å². The molecule has 0 aliphatic carbocycles. The van der Waals surface area contributed by atoms with Crippen LogP contribution < -0.4 is 0 Å². The van der Waals surface area contributed by atoms with E-state index in [2.05, 4.69) is 44.6 Å². The lowest BCUT2D eigenvalue weighted by Crippen LogP contribution is -2.53. The number of piperazine rings is 1. The molecule has 3 rings (SSSR count). The first-order valence-corrected chi connectivity index (χ1v) is 10.5. The Labute approximate surface area is 164 Å². The van der Waals surface area contributed by atoms with Gasteiger partial charge in [-0.15, -0.1) is 0 Å². The normalized spacial score (nSPS) is 22.3. The summed E-state index contributed by atoms with van der Waals surface area (Å²) >= 11 is 0. The van der Waals surface area contributed by atoms with Crippen LogP contribution in [0.4, 0.5) is 0 Å². The highest BCUT2D eigenvalue weighted by molar-refractivity contribution is 5.78. The molecule has 2 aliphatic rings. The molecule has 1 aromatic heterocycles. The van der Waals surface area contributed by atoms with Crippen molar-refractivity contribution in [3.63, 3.8) is 0 Å². The van der Waals surface area contributed by atoms with E-state index in [0.29, 0.717) is 18.5 Å². The third kappa shape index (κ3) is 5.99. The number of hydrogen-bond acceptors (Lipinski definition) is 5. The van der Waals surface area contributed by atoms with Gasteiger partial charge < -0.3 is 14.7 Å². The molecule has 1 amide bonds. The molecule has 1 atom stereocenters. The maximum Gasteiger partial charge on any atom is 0.236 e. The minimum absolute atomic E-state index is 0.308. The van der Waals surface area contributed by atoms with Gasteiger partial charge in [0, 0.05) is 70.2 Å². The summed E-state index contributed by atoms with van der Waals surface area (Å²) in [5.41, 5.74) is 1.14. The summed E-state index contributed by atoms with van der Waals surface area (Å²) in [5, 5.41) is 0. The van der Waals surface area contributed by atoms with E-state index < -0.39 is 0 Å². The van der Waals surface area contributed by atoms with Gasteiger partial charge in [-0.2, -0.15) is 0 Å². The van der Waals surface area contributed by atoms with E-state index in [0.717, 1.165) is 70.9 Å². The van der Waals surface area contributed by atoms with Crippen LogP contribution in [0.3, 0.4) is 0 Å². The van der Waals surface area contributed by atoms with Gasteiger partial charge >= 0.3 is 0 Å². The Morgan fingerprint density at radius 2 is 1.96 bits per heavy atom. The topological polar surface area (TPSA) is 42.9 Å². The standard InChI is InChI=1S/C21H35N5O/c1-3-24-13-15-25(16-14-24)18-21(27)26-11-6-8-20(17-26)23(2)12-9-19-7-4-5-10-22-19/h4-5,7,10,20H,3,6,8-9,11-18H2,1-2H3/t20-/m0/s1. The molecule has 0 spiro atoms. The maximum atomic E-state index is 12.8. The first-order chi connectivity index (χ1) is 13.2. The number of amides is 1. The van der Waals surface area contributed by atoms with E-state index in [1.165, 1.54) is 6.42 Å². The van der Waals surface area contributed by atoms with E-state index in [1.54, 1.807) is 0 Å². The zero-order chi connectivity index (χ0) is 19.1. The molecule has 2 saturated heterocycles. The van der Waals surface area contributed by atoms with Crippen LogP contribution in [0.15, 0.2) is 24.4 Å². The summed E-state index contributed by atoms with van der Waals surface area (Å²) in [7, 11) is 2.19. The number of likely N-dealkylation sites (N-methyl/N-ethyl adjacent to an activating group) is 2. The molecule has 2 fully saturated rings. The highest BCUT2D eigenvalue weighted by Gasteiger charge is 2.27. The van der Waals surface area contributed by atoms with Gasteiger partial charge in [0.1, 0.15) is 0 Å². The molecule has 6 nitrogen and oxygen atoms in total. The summed E-state index contributed by atoms with van der Waals surface area (Å²) in [6.07, 6.45) is 5.10. The van der Waals surface area contributed by atoms with E-state index >= 15 is 0 Å². The average Bonchev–Trinajstić information content (AvgIpc) is 2.73. The van der Waals surface area contributed by atoms with Gasteiger partial charge in [0.2, 0.25) is 5.91 Å². The van der Waals surface area contributed by atoms with Gasteiger partial charge in [-0.3, -0.25) is 14.7 Å². The van der Waals surface area contributed by atoms with Gasteiger partial charge in [-0.1, -0.05) is 13.0 Å². The van der Waals surface area contributed by atoms with Crippen LogP contribution in [0.1, 0.15) is 25.5 Å². The largest absolute Gasteiger partial charge is 0.340 e. The summed E-state index contributed by atoms with van der Waals surface area (Å²) in [6, 6.07) is 6.55. The Kier molecular flexibility index (Phi) is 7.61. The van der Waals surface area contributed by atoms with Gasteiger partial charge in [-0.25, -0.2) is 0 Å². The molecule has 0 N–H and O–H groups in total. The van der Waals surface area contributed by atoms with E-state index in [1.807, 2.05) is 18.3 Å². The number of piperidine rings is 1. The van der Waals surface area contributed by atoms with Crippen molar-refractivity contribution in [3.8, 4) is 0 Å². The highest BCUT2D eigenvalue weighted by atomic mass is 16.2. The van der Waals surface area contributed by atoms with Crippen molar-refractivity contribution in [3.05, 3.63) is 30.1 Å². The van der Waals surface area contributed by atoms with Crippen molar-refractivity contribution in [1.29, 1.82) is 0 Å². The van der Waals surface area contributed by atoms with Crippen LogP contribution >= 0.6 is 0 Å². The second-order valence-electron chi connectivity index (χ2n) is 7.90. The summed E-state index contributed by atoms with van der Waals surface area (Å²) in [5.74, 6) is 0.308. The van der Waals surface area contributed by atoms with E-state index in [4.69, 9.17) is 0 Å². The maximum absolute atomic E-state index is 12.8. The molecule has 1 aromatic rings. The van der Waals surface area contributed by atoms with Crippen molar-refractivity contribution in [1.82, 2.24) is 24.6 Å². The molecule has 150 valence electrons. The predicted molar refractivity (Wildman–Crippen MR) is 109 cm³/mol. The molecule has 0 saturated carbocycles. The molecular weight excluding hydrogens is 338 g/mol. The number of carbonyl (C=O) groups excluding carboxylic acids is 1. The fourth-order valence-corrected chi connectivity index (χ4v) is 4.12. The van der Waals surface area contributed by atoms with Crippen molar-refractivity contribution in [2.45, 2.75) is 32.2 Å². The number of pyridine rings is 1. The fourth-order valence-electron chi connectivity index (χ4n) is 4.12. The molecule has 6 heteroatoms. The average molecular weight is 374 g/mol. The Balaban J connectivity index is 1.43. The smallest absolute Gasteiger partial charge is 0.236 e. The molecule has 0 unspecified atom stereocenters. The summed E-state index contributed by atoms with van der Waals surface area (Å²) in [6.45, 7) is 10.9. The molecule has 3 heterocycles. The first kappa shape index (κ1) is 20.2. The van der Waals surface area contributed by atoms with Crippen LogP contribution in [-0.4, -0.2) is 102 Å². The molecule has 0 aromatic carbocycles. The minimum atomic E-state index is 0.308. The Bertz CT molecular complexity index is 573. The molecule has 0 bridgehead atoms. The fraction of sp³-hybridized carbons (Fsp3) is 0.714. The van der Waals surface area contributed by atoms with Crippen LogP contribution in [0.25, 0.3) is 0 Å². The monoisotopic (exact) mass is 373 g/mol. The van der Waals surface area contributed by atoms with Crippen LogP contribution in [0, 0.1) is 0 Å². The third-order valence-corrected chi connectivity index (χ3v) is 6.09. The van der Waals surface area contributed by atoms with Gasteiger partial charge in [0.25, 0.3) is 0 Å². The van der Waals surface area contributed by atoms with Crippen molar-refractivity contribution < 1.29 is 4.79 Å². The lowest BCUT2D eigenvalue weighted by Gasteiger charge is -2.39. The highest BCUT2D eigenvalue weighted by Crippen LogP contribution is 2.16. The molecule has 2 aliphatic heterocycles. The van der Waals surface area contributed by atoms with Crippen molar-refractivity contribution in [2.24, 2.45) is 0 Å². The van der Waals surface area contributed by atoms with Gasteiger partial charge in [-0.05, 0) is 38.6 Å². The second kappa shape index (κ2) is 10.2. The zero-order valence-corrected chi connectivity index (χ0v) is 17.0. The molecule has 27 heavy (non-hydrogen) atoms. The number of nitrogens with zero attached hydrogens (tertiary/aromatic N) is 5. The zero-order valence-electron chi connectivity index (χ0n) is 17.0. The molecule has 0 radical (unpaired) electrons. The minimum Gasteiger partial charge on any atom is -0.340 e. The third-order valence-electron chi connectivity index (χ3n) is 6.09. The predicted octanol–water partition coefficient (Wildman–Crippen LogP) is 1.18. The lowest BCUT2D eigenvalue weighted by atomic mass is 10.0. The van der Waals surface area contributed by atoms with Crippen molar-refractivity contribution >= 4 is 5.91 Å². The SMILES string of the molecule is CCN1CCN(CC(=O)N2CCC[C@H](N(C)CCc3ccccn3)C2)CC1. The Hall–Kier alpha value is -1.50. The first-order valence-electron chi connectivity index (χ1n) is 10.5. The van der Waals surface area contributed by atoms with Crippen LogP contribution in [0.2, 0.25) is 0 Å². The van der Waals surface area contributed by atoms with Crippen molar-refractivity contribution in [2.75, 3.05) is 66.0 Å². The number of rotatable bonds is 7. The number of hydrogen-bond donors (Lipinski definition) is 0. The summed E-state index contributed by atoms with van der Waals surface area (Å²) < 4.78 is 0. The molecular formula is C21H35N5O. The van der Waals surface area contributed by atoms with Crippen LogP contribution in [-0.2, 0) is 11.2 Å². The number of aromatic nitrogens is 1. The van der Waals surface area contributed by atoms with E-state index in [-0.39, 0.29) is 0 Å². The Morgan fingerprint density at radius 3 is 2.67 bits per heavy atom. The number of likely N-dealkylation sites (tertiary alicyclic amines) is 1. The summed E-state index contributed by atoms with van der Waals surface area (Å²) in [4.78, 5) is 26.5. The van der Waals surface area contributed by atoms with Gasteiger partial charge in [0.05, 0.1) is 6.54 Å². The van der Waals surface area contributed by atoms with E-state index in [9.17, 15) is 4.79 Å². The Morgan fingerprint density at radius 1 is 1.19 bits per heavy atom. The second-order valence-corrected chi connectivity index (χ2v) is 7.90. The quantitative estimate of drug-likeness (QED) is 0.718. The van der Waals surface area contributed by atoms with Crippen LogP contribution in [0.5, 0.6) is 0 Å². The number of carbonyl (C=O) groups is 1.